The zero-order chi connectivity index (χ0) is 23.9. The van der Waals surface area contributed by atoms with E-state index in [0.717, 1.165) is 48.2 Å². The number of rotatable bonds is 10. The lowest BCUT2D eigenvalue weighted by molar-refractivity contribution is -0.120. The van der Waals surface area contributed by atoms with Gasteiger partial charge in [-0.2, -0.15) is 0 Å². The van der Waals surface area contributed by atoms with Crippen molar-refractivity contribution < 1.29 is 4.79 Å². The number of imidazole rings is 1. The Kier molecular flexibility index (Phi) is 8.02. The number of nitrogens with one attached hydrogen (secondary N) is 1. The van der Waals surface area contributed by atoms with Crippen LogP contribution in [-0.4, -0.2) is 22.0 Å². The molecule has 0 aliphatic carbocycles. The molecule has 5 heteroatoms. The Labute approximate surface area is 207 Å². The first-order chi connectivity index (χ1) is 16.5. The molecule has 0 saturated carbocycles. The monoisotopic (exact) mass is 473 g/mol. The fourth-order valence-electron chi connectivity index (χ4n) is 4.21. The Hall–Kier alpha value is -3.11. The highest BCUT2D eigenvalue weighted by Crippen LogP contribution is 2.22. The van der Waals surface area contributed by atoms with Crippen LogP contribution in [0.15, 0.2) is 72.8 Å². The van der Waals surface area contributed by atoms with Crippen molar-refractivity contribution in [1.29, 1.82) is 0 Å². The predicted molar refractivity (Wildman–Crippen MR) is 140 cm³/mol. The highest BCUT2D eigenvalue weighted by Gasteiger charge is 2.12. The van der Waals surface area contributed by atoms with Gasteiger partial charge in [0.2, 0.25) is 5.91 Å². The molecular weight excluding hydrogens is 442 g/mol. The molecule has 4 rings (SSSR count). The number of halogens is 1. The summed E-state index contributed by atoms with van der Waals surface area (Å²) in [7, 11) is 0. The number of carbonyl (C=O) groups excluding carboxylic acids is 1. The molecule has 1 aromatic heterocycles. The van der Waals surface area contributed by atoms with Crippen LogP contribution in [0.3, 0.4) is 0 Å². The first-order valence-electron chi connectivity index (χ1n) is 12.1. The minimum Gasteiger partial charge on any atom is -0.356 e. The maximum absolute atomic E-state index is 12.3. The van der Waals surface area contributed by atoms with Crippen LogP contribution in [0, 0.1) is 0 Å². The van der Waals surface area contributed by atoms with Gasteiger partial charge in [-0.25, -0.2) is 4.98 Å². The number of nitrogens with zero attached hydrogens (tertiary/aromatic N) is 2. The van der Waals surface area contributed by atoms with Crippen LogP contribution in [-0.2, 0) is 24.2 Å². The highest BCUT2D eigenvalue weighted by molar-refractivity contribution is 6.31. The predicted octanol–water partition coefficient (Wildman–Crippen LogP) is 6.54. The number of aromatic nitrogens is 2. The van der Waals surface area contributed by atoms with E-state index in [1.807, 2.05) is 30.3 Å². The Morgan fingerprint density at radius 1 is 1.03 bits per heavy atom. The quantitative estimate of drug-likeness (QED) is 0.266. The van der Waals surface area contributed by atoms with Crippen LogP contribution in [0.4, 0.5) is 0 Å². The van der Waals surface area contributed by atoms with Gasteiger partial charge in [-0.1, -0.05) is 80.0 Å². The lowest BCUT2D eigenvalue weighted by atomic mass is 9.97. The Morgan fingerprint density at radius 3 is 2.53 bits per heavy atom. The van der Waals surface area contributed by atoms with Gasteiger partial charge in [0.15, 0.2) is 0 Å². The number of para-hydroxylation sites is 2. The molecule has 0 aliphatic heterocycles. The van der Waals surface area contributed by atoms with Crippen molar-refractivity contribution in [1.82, 2.24) is 14.9 Å². The number of fused-ring (bicyclic) bond motifs is 1. The second-order valence-corrected chi connectivity index (χ2v) is 9.28. The van der Waals surface area contributed by atoms with Crippen LogP contribution < -0.4 is 5.32 Å². The Balaban J connectivity index is 1.40. The number of hydrogen-bond donors (Lipinski definition) is 1. The van der Waals surface area contributed by atoms with Gasteiger partial charge in [0.1, 0.15) is 5.82 Å². The van der Waals surface area contributed by atoms with E-state index in [4.69, 9.17) is 16.6 Å². The molecule has 0 spiro atoms. The van der Waals surface area contributed by atoms with Crippen LogP contribution in [0.1, 0.15) is 55.1 Å². The van der Waals surface area contributed by atoms with Gasteiger partial charge in [0.05, 0.1) is 17.5 Å². The zero-order valence-corrected chi connectivity index (χ0v) is 20.7. The lowest BCUT2D eigenvalue weighted by Gasteiger charge is -2.12. The van der Waals surface area contributed by atoms with E-state index < -0.39 is 0 Å². The topological polar surface area (TPSA) is 46.9 Å². The zero-order valence-electron chi connectivity index (χ0n) is 19.9. The second kappa shape index (κ2) is 11.3. The molecule has 1 atom stereocenters. The first kappa shape index (κ1) is 24.0. The smallest absolute Gasteiger partial charge is 0.224 e. The molecule has 1 amide bonds. The lowest BCUT2D eigenvalue weighted by Crippen LogP contribution is -2.26. The standard InChI is InChI=1S/C29H32ClN3O/c1-3-21(2)23-16-14-22(15-17-23)20-33-27-12-7-6-11-26(27)32-28(33)13-8-18-31-29(34)19-24-9-4-5-10-25(24)30/h4-7,9-12,14-17,21H,3,8,13,18-20H2,1-2H3,(H,31,34). The van der Waals surface area contributed by atoms with Gasteiger partial charge < -0.3 is 9.88 Å². The van der Waals surface area contributed by atoms with Gasteiger partial charge in [-0.15, -0.1) is 0 Å². The molecular formula is C29H32ClN3O. The molecule has 176 valence electrons. The average molecular weight is 474 g/mol. The van der Waals surface area contributed by atoms with E-state index in [2.05, 4.69) is 66.2 Å². The summed E-state index contributed by atoms with van der Waals surface area (Å²) in [5.41, 5.74) is 5.66. The highest BCUT2D eigenvalue weighted by atomic mass is 35.5. The largest absolute Gasteiger partial charge is 0.356 e. The number of aryl methyl sites for hydroxylation is 1. The van der Waals surface area contributed by atoms with Gasteiger partial charge in [0, 0.05) is 24.5 Å². The summed E-state index contributed by atoms with van der Waals surface area (Å²) in [6, 6.07) is 24.7. The molecule has 0 fully saturated rings. The van der Waals surface area contributed by atoms with Crippen molar-refractivity contribution in [3.63, 3.8) is 0 Å². The molecule has 4 aromatic rings. The molecule has 3 aromatic carbocycles. The molecule has 34 heavy (non-hydrogen) atoms. The van der Waals surface area contributed by atoms with E-state index in [-0.39, 0.29) is 5.91 Å². The second-order valence-electron chi connectivity index (χ2n) is 8.88. The minimum atomic E-state index is -0.0111. The van der Waals surface area contributed by atoms with Crippen LogP contribution >= 0.6 is 11.6 Å². The van der Waals surface area contributed by atoms with Crippen molar-refractivity contribution in [2.75, 3.05) is 6.54 Å². The van der Waals surface area contributed by atoms with E-state index in [1.54, 1.807) is 0 Å². The van der Waals surface area contributed by atoms with Crippen molar-refractivity contribution >= 4 is 28.5 Å². The SMILES string of the molecule is CCC(C)c1ccc(Cn2c(CCCNC(=O)Cc3ccccc3Cl)nc3ccccc32)cc1. The van der Waals surface area contributed by atoms with Gasteiger partial charge in [-0.3, -0.25) is 4.79 Å². The van der Waals surface area contributed by atoms with E-state index in [1.165, 1.54) is 11.1 Å². The molecule has 0 aliphatic rings. The summed E-state index contributed by atoms with van der Waals surface area (Å²) < 4.78 is 2.30. The van der Waals surface area contributed by atoms with E-state index in [9.17, 15) is 4.79 Å². The normalized spacial score (nSPS) is 12.1. The van der Waals surface area contributed by atoms with Crippen LogP contribution in [0.2, 0.25) is 5.02 Å². The number of carbonyl (C=O) groups is 1. The number of hydrogen-bond acceptors (Lipinski definition) is 2. The minimum absolute atomic E-state index is 0.0111. The third kappa shape index (κ3) is 5.87. The summed E-state index contributed by atoms with van der Waals surface area (Å²) >= 11 is 6.17. The molecule has 1 N–H and O–H groups in total. The van der Waals surface area contributed by atoms with Crippen LogP contribution in [0.5, 0.6) is 0 Å². The molecule has 0 radical (unpaired) electrons. The maximum Gasteiger partial charge on any atom is 0.224 e. The van der Waals surface area contributed by atoms with Crippen molar-refractivity contribution in [2.45, 2.75) is 52.0 Å². The fraction of sp³-hybridized carbons (Fsp3) is 0.310. The fourth-order valence-corrected chi connectivity index (χ4v) is 4.42. The third-order valence-corrected chi connectivity index (χ3v) is 6.81. The van der Waals surface area contributed by atoms with E-state index in [0.29, 0.717) is 23.9 Å². The van der Waals surface area contributed by atoms with Gasteiger partial charge in [-0.05, 0) is 53.6 Å². The van der Waals surface area contributed by atoms with Crippen LogP contribution in [0.25, 0.3) is 11.0 Å². The van der Waals surface area contributed by atoms with Gasteiger partial charge in [0.25, 0.3) is 0 Å². The van der Waals surface area contributed by atoms with Crippen molar-refractivity contribution in [3.8, 4) is 0 Å². The number of benzene rings is 3. The molecule has 1 unspecified atom stereocenters. The summed E-state index contributed by atoms with van der Waals surface area (Å²) in [5, 5.41) is 3.65. The molecule has 4 nitrogen and oxygen atoms in total. The summed E-state index contributed by atoms with van der Waals surface area (Å²) in [6.07, 6.45) is 3.06. The summed E-state index contributed by atoms with van der Waals surface area (Å²) in [6.45, 7) is 5.89. The molecule has 0 saturated heterocycles. The summed E-state index contributed by atoms with van der Waals surface area (Å²) in [4.78, 5) is 17.2. The third-order valence-electron chi connectivity index (χ3n) is 6.44. The van der Waals surface area contributed by atoms with Gasteiger partial charge >= 0.3 is 0 Å². The maximum atomic E-state index is 12.3. The Bertz CT molecular complexity index is 1250. The van der Waals surface area contributed by atoms with Crippen molar-refractivity contribution in [2.24, 2.45) is 0 Å². The van der Waals surface area contributed by atoms with Crippen molar-refractivity contribution in [3.05, 3.63) is 100 Å². The van der Waals surface area contributed by atoms with E-state index >= 15 is 0 Å². The summed E-state index contributed by atoms with van der Waals surface area (Å²) in [5.74, 6) is 1.61. The molecule has 1 heterocycles. The Morgan fingerprint density at radius 2 is 1.76 bits per heavy atom. The first-order valence-corrected chi connectivity index (χ1v) is 12.5. The molecule has 0 bridgehead atoms. The average Bonchev–Trinajstić information content (AvgIpc) is 3.20. The number of amides is 1.